The summed E-state index contributed by atoms with van der Waals surface area (Å²) in [7, 11) is -0.974. The minimum Gasteiger partial charge on any atom is -0.484 e. The number of carbonyl (C=O) groups excluding carboxylic acids is 1. The van der Waals surface area contributed by atoms with Crippen LogP contribution >= 0.6 is 0 Å². The van der Waals surface area contributed by atoms with Gasteiger partial charge in [0.1, 0.15) is 5.75 Å². The van der Waals surface area contributed by atoms with Gasteiger partial charge in [0.15, 0.2) is 12.4 Å². The molecule has 2 unspecified atom stereocenters. The number of carbonyl (C=O) groups is 1. The van der Waals surface area contributed by atoms with Crippen molar-refractivity contribution in [3.05, 3.63) is 29.8 Å². The zero-order valence-electron chi connectivity index (χ0n) is 11.9. The molecule has 0 radical (unpaired) electrons. The van der Waals surface area contributed by atoms with Crippen molar-refractivity contribution in [3.8, 4) is 5.75 Å². The van der Waals surface area contributed by atoms with Crippen LogP contribution in [0.15, 0.2) is 29.4 Å². The first-order valence-corrected chi connectivity index (χ1v) is 7.86. The Bertz CT molecular complexity index is 531. The van der Waals surface area contributed by atoms with Gasteiger partial charge in [-0.1, -0.05) is 5.16 Å². The SMILES string of the molecule is CC(CNC(=O)COc1ccc(/C(N)=N/O)cc1)S(C)=O. The summed E-state index contributed by atoms with van der Waals surface area (Å²) in [4.78, 5) is 11.6. The summed E-state index contributed by atoms with van der Waals surface area (Å²) in [6.45, 7) is 2.00. The maximum atomic E-state index is 11.6. The molecule has 0 aliphatic heterocycles. The van der Waals surface area contributed by atoms with E-state index in [2.05, 4.69) is 10.5 Å². The normalized spacial score (nSPS) is 14.3. The van der Waals surface area contributed by atoms with Crippen molar-refractivity contribution in [2.45, 2.75) is 12.2 Å². The van der Waals surface area contributed by atoms with Crippen LogP contribution in [-0.4, -0.2) is 45.8 Å². The summed E-state index contributed by atoms with van der Waals surface area (Å²) >= 11 is 0. The second kappa shape index (κ2) is 8.25. The zero-order chi connectivity index (χ0) is 15.8. The molecule has 0 aliphatic carbocycles. The summed E-state index contributed by atoms with van der Waals surface area (Å²) < 4.78 is 16.4. The van der Waals surface area contributed by atoms with Crippen LogP contribution in [0.25, 0.3) is 0 Å². The van der Waals surface area contributed by atoms with Gasteiger partial charge in [0.05, 0.1) is 0 Å². The molecule has 1 aromatic carbocycles. The maximum absolute atomic E-state index is 11.6. The molecular weight excluding hydrogens is 294 g/mol. The first-order chi connectivity index (χ1) is 9.93. The van der Waals surface area contributed by atoms with Crippen molar-refractivity contribution >= 4 is 22.5 Å². The lowest BCUT2D eigenvalue weighted by Crippen LogP contribution is -2.35. The molecule has 21 heavy (non-hydrogen) atoms. The van der Waals surface area contributed by atoms with Crippen LogP contribution in [0.3, 0.4) is 0 Å². The Morgan fingerprint density at radius 2 is 2.10 bits per heavy atom. The van der Waals surface area contributed by atoms with E-state index in [9.17, 15) is 9.00 Å². The Kier molecular flexibility index (Phi) is 6.67. The number of hydrogen-bond donors (Lipinski definition) is 3. The van der Waals surface area contributed by atoms with Gasteiger partial charge < -0.3 is 21.0 Å². The summed E-state index contributed by atoms with van der Waals surface area (Å²) in [5.74, 6) is 0.209. The number of hydrogen-bond acceptors (Lipinski definition) is 5. The van der Waals surface area contributed by atoms with E-state index in [1.807, 2.05) is 0 Å². The van der Waals surface area contributed by atoms with Crippen LogP contribution in [0.1, 0.15) is 12.5 Å². The fraction of sp³-hybridized carbons (Fsp3) is 0.385. The molecule has 2 atom stereocenters. The molecule has 0 heterocycles. The van der Waals surface area contributed by atoms with Crippen molar-refractivity contribution in [3.63, 3.8) is 0 Å². The van der Waals surface area contributed by atoms with E-state index in [4.69, 9.17) is 15.7 Å². The van der Waals surface area contributed by atoms with Gasteiger partial charge in [0, 0.05) is 34.4 Å². The van der Waals surface area contributed by atoms with Crippen molar-refractivity contribution < 1.29 is 18.9 Å². The molecule has 0 aliphatic rings. The fourth-order valence-corrected chi connectivity index (χ4v) is 1.67. The topological polar surface area (TPSA) is 114 Å². The Morgan fingerprint density at radius 1 is 1.48 bits per heavy atom. The van der Waals surface area contributed by atoms with Gasteiger partial charge in [-0.15, -0.1) is 0 Å². The third kappa shape index (κ3) is 5.82. The smallest absolute Gasteiger partial charge is 0.257 e. The molecule has 1 amide bonds. The molecule has 0 aromatic heterocycles. The number of nitrogens with zero attached hydrogens (tertiary/aromatic N) is 1. The van der Waals surface area contributed by atoms with Crippen molar-refractivity contribution in [2.75, 3.05) is 19.4 Å². The van der Waals surface area contributed by atoms with E-state index in [1.165, 1.54) is 0 Å². The van der Waals surface area contributed by atoms with Gasteiger partial charge in [-0.3, -0.25) is 9.00 Å². The second-order valence-electron chi connectivity index (χ2n) is 4.41. The van der Waals surface area contributed by atoms with Crippen molar-refractivity contribution in [1.29, 1.82) is 0 Å². The summed E-state index contributed by atoms with van der Waals surface area (Å²) in [6, 6.07) is 6.46. The lowest BCUT2D eigenvalue weighted by Gasteiger charge is -2.11. The Balaban J connectivity index is 2.41. The molecule has 0 spiro atoms. The highest BCUT2D eigenvalue weighted by molar-refractivity contribution is 7.84. The van der Waals surface area contributed by atoms with E-state index in [1.54, 1.807) is 37.4 Å². The van der Waals surface area contributed by atoms with E-state index < -0.39 is 10.8 Å². The lowest BCUT2D eigenvalue weighted by atomic mass is 10.2. The number of nitrogens with one attached hydrogen (secondary N) is 1. The molecule has 0 saturated heterocycles. The largest absolute Gasteiger partial charge is 0.484 e. The van der Waals surface area contributed by atoms with Gasteiger partial charge in [-0.2, -0.15) is 0 Å². The highest BCUT2D eigenvalue weighted by Crippen LogP contribution is 2.11. The molecular formula is C13H19N3O4S. The molecule has 8 heteroatoms. The molecule has 0 saturated carbocycles. The molecule has 4 N–H and O–H groups in total. The van der Waals surface area contributed by atoms with Crippen LogP contribution in [0.4, 0.5) is 0 Å². The van der Waals surface area contributed by atoms with Crippen LogP contribution in [0, 0.1) is 0 Å². The minimum atomic E-state index is -0.974. The summed E-state index contributed by atoms with van der Waals surface area (Å²) in [5, 5.41) is 14.0. The maximum Gasteiger partial charge on any atom is 0.257 e. The van der Waals surface area contributed by atoms with Gasteiger partial charge >= 0.3 is 0 Å². The summed E-state index contributed by atoms with van der Waals surface area (Å²) in [5.41, 5.74) is 5.98. The van der Waals surface area contributed by atoms with E-state index in [-0.39, 0.29) is 23.6 Å². The number of oxime groups is 1. The highest BCUT2D eigenvalue weighted by Gasteiger charge is 2.09. The Morgan fingerprint density at radius 3 is 2.62 bits per heavy atom. The molecule has 7 nitrogen and oxygen atoms in total. The molecule has 0 fully saturated rings. The zero-order valence-corrected chi connectivity index (χ0v) is 12.7. The Labute approximate surface area is 125 Å². The summed E-state index contributed by atoms with van der Waals surface area (Å²) in [6.07, 6.45) is 1.59. The van der Waals surface area contributed by atoms with Gasteiger partial charge in [0.2, 0.25) is 0 Å². The molecule has 116 valence electrons. The Hall–Kier alpha value is -2.09. The third-order valence-electron chi connectivity index (χ3n) is 2.78. The predicted octanol–water partition coefficient (Wildman–Crippen LogP) is 0.0431. The number of nitrogens with two attached hydrogens (primary N) is 1. The van der Waals surface area contributed by atoms with E-state index in [0.717, 1.165) is 0 Å². The van der Waals surface area contributed by atoms with E-state index >= 15 is 0 Å². The number of ether oxygens (including phenoxy) is 1. The average molecular weight is 313 g/mol. The predicted molar refractivity (Wildman–Crippen MR) is 81.0 cm³/mol. The van der Waals surface area contributed by atoms with Gasteiger partial charge in [0.25, 0.3) is 5.91 Å². The fourth-order valence-electron chi connectivity index (χ4n) is 1.35. The van der Waals surface area contributed by atoms with Gasteiger partial charge in [-0.05, 0) is 31.2 Å². The highest BCUT2D eigenvalue weighted by atomic mass is 32.2. The number of amides is 1. The quantitative estimate of drug-likeness (QED) is 0.285. The lowest BCUT2D eigenvalue weighted by molar-refractivity contribution is -0.123. The van der Waals surface area contributed by atoms with Gasteiger partial charge in [-0.25, -0.2) is 0 Å². The third-order valence-corrected chi connectivity index (χ3v) is 4.08. The van der Waals surface area contributed by atoms with Crippen LogP contribution in [0.2, 0.25) is 0 Å². The van der Waals surface area contributed by atoms with Crippen molar-refractivity contribution in [1.82, 2.24) is 5.32 Å². The first kappa shape index (κ1) is 17.0. The van der Waals surface area contributed by atoms with Crippen LogP contribution in [0.5, 0.6) is 5.75 Å². The second-order valence-corrected chi connectivity index (χ2v) is 6.21. The molecule has 1 rings (SSSR count). The standard InChI is InChI=1S/C13H19N3O4S/c1-9(21(2)19)7-15-12(17)8-20-11-5-3-10(4-6-11)13(14)16-18/h3-6,9,18H,7-8H2,1-2H3,(H2,14,16)(H,15,17). The first-order valence-electron chi connectivity index (χ1n) is 6.23. The molecule has 1 aromatic rings. The average Bonchev–Trinajstić information content (AvgIpc) is 2.50. The molecule has 0 bridgehead atoms. The van der Waals surface area contributed by atoms with E-state index in [0.29, 0.717) is 17.9 Å². The number of benzene rings is 1. The monoisotopic (exact) mass is 313 g/mol. The number of rotatable bonds is 7. The van der Waals surface area contributed by atoms with Crippen LogP contribution in [-0.2, 0) is 15.6 Å². The van der Waals surface area contributed by atoms with Crippen LogP contribution < -0.4 is 15.8 Å². The van der Waals surface area contributed by atoms with Crippen molar-refractivity contribution in [2.24, 2.45) is 10.9 Å². The minimum absolute atomic E-state index is 0.000784. The number of amidine groups is 1.